The summed E-state index contributed by atoms with van der Waals surface area (Å²) < 4.78 is 0. The lowest BCUT2D eigenvalue weighted by Crippen LogP contribution is -2.24. The molecule has 1 aliphatic rings. The number of carbonyl (C=O) groups excluding carboxylic acids is 1. The first kappa shape index (κ1) is 12.6. The minimum atomic E-state index is -0.767. The van der Waals surface area contributed by atoms with Crippen LogP contribution in [0.15, 0.2) is 18.2 Å². The summed E-state index contributed by atoms with van der Waals surface area (Å²) in [6, 6.07) is 8.13. The van der Waals surface area contributed by atoms with Gasteiger partial charge in [0.2, 0.25) is 5.91 Å². The molecule has 0 radical (unpaired) electrons. The number of rotatable bonds is 3. The molecule has 0 heterocycles. The Morgan fingerprint density at radius 2 is 2.11 bits per heavy atom. The van der Waals surface area contributed by atoms with Gasteiger partial charge < -0.3 is 5.32 Å². The van der Waals surface area contributed by atoms with Crippen LogP contribution in [0.4, 0.5) is 5.69 Å². The van der Waals surface area contributed by atoms with Crippen molar-refractivity contribution in [3.05, 3.63) is 29.3 Å². The van der Waals surface area contributed by atoms with Crippen molar-refractivity contribution < 1.29 is 4.79 Å². The minimum Gasteiger partial charge on any atom is -0.324 e. The summed E-state index contributed by atoms with van der Waals surface area (Å²) in [5, 5.41) is 12.0. The molecule has 18 heavy (non-hydrogen) atoms. The second-order valence-corrected chi connectivity index (χ2v) is 5.34. The normalized spacial score (nSPS) is 16.2. The molecule has 0 saturated heterocycles. The van der Waals surface area contributed by atoms with E-state index in [-0.39, 0.29) is 5.91 Å². The monoisotopic (exact) mass is 242 g/mol. The number of hydrogen-bond acceptors (Lipinski definition) is 2. The lowest BCUT2D eigenvalue weighted by atomic mass is 9.97. The van der Waals surface area contributed by atoms with Gasteiger partial charge in [0, 0.05) is 5.69 Å². The fraction of sp³-hybridized carbons (Fsp3) is 0.467. The molecule has 0 spiro atoms. The van der Waals surface area contributed by atoms with E-state index in [4.69, 9.17) is 5.26 Å². The fourth-order valence-corrected chi connectivity index (χ4v) is 2.09. The highest BCUT2D eigenvalue weighted by Crippen LogP contribution is 2.46. The summed E-state index contributed by atoms with van der Waals surface area (Å²) >= 11 is 0. The van der Waals surface area contributed by atoms with Crippen molar-refractivity contribution >= 4 is 11.6 Å². The summed E-state index contributed by atoms with van der Waals surface area (Å²) in [6.45, 7) is 6.18. The molecule has 1 amide bonds. The van der Waals surface area contributed by atoms with E-state index in [1.54, 1.807) is 0 Å². The summed E-state index contributed by atoms with van der Waals surface area (Å²) in [7, 11) is 0. The number of para-hydroxylation sites is 1. The summed E-state index contributed by atoms with van der Waals surface area (Å²) in [4.78, 5) is 12.1. The van der Waals surface area contributed by atoms with E-state index in [0.29, 0.717) is 18.8 Å². The third kappa shape index (κ3) is 2.11. The third-order valence-corrected chi connectivity index (χ3v) is 3.56. The Morgan fingerprint density at radius 3 is 2.61 bits per heavy atom. The van der Waals surface area contributed by atoms with Gasteiger partial charge in [0.05, 0.1) is 6.07 Å². The first-order valence-corrected chi connectivity index (χ1v) is 6.32. The molecule has 1 N–H and O–H groups in total. The van der Waals surface area contributed by atoms with Gasteiger partial charge in [-0.25, -0.2) is 0 Å². The van der Waals surface area contributed by atoms with Gasteiger partial charge in [-0.2, -0.15) is 5.26 Å². The van der Waals surface area contributed by atoms with Crippen molar-refractivity contribution in [3.63, 3.8) is 0 Å². The maximum atomic E-state index is 12.1. The Kier molecular flexibility index (Phi) is 3.13. The number of amides is 1. The zero-order chi connectivity index (χ0) is 13.3. The second kappa shape index (κ2) is 4.45. The molecule has 0 unspecified atom stereocenters. The van der Waals surface area contributed by atoms with Crippen LogP contribution >= 0.6 is 0 Å². The highest BCUT2D eigenvalue weighted by molar-refractivity contribution is 6.00. The SMILES string of the molecule is Cc1cccc(C(C)C)c1NC(=O)C1(C#N)CC1. The van der Waals surface area contributed by atoms with Gasteiger partial charge in [-0.1, -0.05) is 32.0 Å². The number of nitriles is 1. The van der Waals surface area contributed by atoms with Crippen molar-refractivity contribution in [1.82, 2.24) is 0 Å². The van der Waals surface area contributed by atoms with Crippen molar-refractivity contribution in [2.45, 2.75) is 39.5 Å². The molecule has 1 aromatic rings. The van der Waals surface area contributed by atoms with Crippen LogP contribution < -0.4 is 5.32 Å². The van der Waals surface area contributed by atoms with Crippen molar-refractivity contribution in [2.24, 2.45) is 5.41 Å². The highest BCUT2D eigenvalue weighted by Gasteiger charge is 2.50. The molecule has 2 rings (SSSR count). The molecule has 1 fully saturated rings. The molecule has 0 atom stereocenters. The van der Waals surface area contributed by atoms with Crippen LogP contribution in [-0.2, 0) is 4.79 Å². The van der Waals surface area contributed by atoms with E-state index in [9.17, 15) is 4.79 Å². The van der Waals surface area contributed by atoms with E-state index < -0.39 is 5.41 Å². The average Bonchev–Trinajstić information content (AvgIpc) is 3.12. The lowest BCUT2D eigenvalue weighted by molar-refractivity contribution is -0.119. The van der Waals surface area contributed by atoms with Crippen LogP contribution in [0.2, 0.25) is 0 Å². The Balaban J connectivity index is 2.29. The Morgan fingerprint density at radius 1 is 1.44 bits per heavy atom. The topological polar surface area (TPSA) is 52.9 Å². The molecule has 3 nitrogen and oxygen atoms in total. The third-order valence-electron chi connectivity index (χ3n) is 3.56. The first-order chi connectivity index (χ1) is 8.50. The largest absolute Gasteiger partial charge is 0.324 e. The zero-order valence-corrected chi connectivity index (χ0v) is 11.1. The number of carbonyl (C=O) groups is 1. The van der Waals surface area contributed by atoms with Gasteiger partial charge >= 0.3 is 0 Å². The predicted octanol–water partition coefficient (Wildman–Crippen LogP) is 3.36. The molecule has 0 aromatic heterocycles. The zero-order valence-electron chi connectivity index (χ0n) is 11.1. The maximum absolute atomic E-state index is 12.1. The molecular formula is C15H18N2O. The van der Waals surface area contributed by atoms with E-state index in [1.165, 1.54) is 0 Å². The second-order valence-electron chi connectivity index (χ2n) is 5.34. The van der Waals surface area contributed by atoms with E-state index in [0.717, 1.165) is 16.8 Å². The van der Waals surface area contributed by atoms with Crippen LogP contribution in [0.3, 0.4) is 0 Å². The first-order valence-electron chi connectivity index (χ1n) is 6.32. The van der Waals surface area contributed by atoms with Crippen LogP contribution in [-0.4, -0.2) is 5.91 Å². The Hall–Kier alpha value is -1.82. The van der Waals surface area contributed by atoms with E-state index in [2.05, 4.69) is 25.2 Å². The fourth-order valence-electron chi connectivity index (χ4n) is 2.09. The summed E-state index contributed by atoms with van der Waals surface area (Å²) in [5.41, 5.74) is 2.27. The molecular weight excluding hydrogens is 224 g/mol. The van der Waals surface area contributed by atoms with E-state index >= 15 is 0 Å². The smallest absolute Gasteiger partial charge is 0.244 e. The van der Waals surface area contributed by atoms with Crippen molar-refractivity contribution in [2.75, 3.05) is 5.32 Å². The molecule has 3 heteroatoms. The lowest BCUT2D eigenvalue weighted by Gasteiger charge is -2.17. The molecule has 0 aliphatic heterocycles. The van der Waals surface area contributed by atoms with Crippen molar-refractivity contribution in [3.8, 4) is 6.07 Å². The number of hydrogen-bond donors (Lipinski definition) is 1. The van der Waals surface area contributed by atoms with Gasteiger partial charge in [0.25, 0.3) is 0 Å². The Bertz CT molecular complexity index is 522. The molecule has 1 saturated carbocycles. The average molecular weight is 242 g/mol. The van der Waals surface area contributed by atoms with Gasteiger partial charge in [0.15, 0.2) is 0 Å². The molecule has 1 aliphatic carbocycles. The predicted molar refractivity (Wildman–Crippen MR) is 71.2 cm³/mol. The minimum absolute atomic E-state index is 0.152. The Labute approximate surface area is 108 Å². The van der Waals surface area contributed by atoms with Gasteiger partial charge in [0.1, 0.15) is 5.41 Å². The van der Waals surface area contributed by atoms with Crippen LogP contribution in [0.1, 0.15) is 43.7 Å². The standard InChI is InChI=1S/C15H18N2O/c1-10(2)12-6-4-5-11(3)13(12)17-14(18)15(9-16)7-8-15/h4-6,10H,7-8H2,1-3H3,(H,17,18). The number of aryl methyl sites for hydroxylation is 1. The number of nitrogens with zero attached hydrogens (tertiary/aromatic N) is 1. The van der Waals surface area contributed by atoms with Crippen LogP contribution in [0.5, 0.6) is 0 Å². The van der Waals surface area contributed by atoms with Gasteiger partial charge in [-0.3, -0.25) is 4.79 Å². The quantitative estimate of drug-likeness (QED) is 0.883. The van der Waals surface area contributed by atoms with E-state index in [1.807, 2.05) is 25.1 Å². The maximum Gasteiger partial charge on any atom is 0.244 e. The summed E-state index contributed by atoms with van der Waals surface area (Å²) in [6.07, 6.45) is 1.36. The highest BCUT2D eigenvalue weighted by atomic mass is 16.2. The van der Waals surface area contributed by atoms with Gasteiger partial charge in [-0.05, 0) is 36.8 Å². The molecule has 0 bridgehead atoms. The van der Waals surface area contributed by atoms with Crippen LogP contribution in [0, 0.1) is 23.7 Å². The van der Waals surface area contributed by atoms with Crippen molar-refractivity contribution in [1.29, 1.82) is 5.26 Å². The molecule has 1 aromatic carbocycles. The number of benzene rings is 1. The summed E-state index contributed by atoms with van der Waals surface area (Å²) in [5.74, 6) is 0.193. The van der Waals surface area contributed by atoms with Crippen LogP contribution in [0.25, 0.3) is 0 Å². The number of nitrogens with one attached hydrogen (secondary N) is 1. The number of anilines is 1. The van der Waals surface area contributed by atoms with Gasteiger partial charge in [-0.15, -0.1) is 0 Å². The molecule has 94 valence electrons.